The average Bonchev–Trinajstić information content (AvgIpc) is 2.94. The molecular formula is C10H12N4O2S. The van der Waals surface area contributed by atoms with Crippen molar-refractivity contribution in [1.82, 2.24) is 14.8 Å². The van der Waals surface area contributed by atoms with Crippen LogP contribution in [0.15, 0.2) is 17.8 Å². The topological polar surface area (TPSA) is 69.0 Å². The van der Waals surface area contributed by atoms with Crippen LogP contribution >= 0.6 is 11.3 Å². The van der Waals surface area contributed by atoms with Crippen molar-refractivity contribution >= 4 is 22.4 Å². The number of methoxy groups -OCH3 is 1. The average molecular weight is 252 g/mol. The van der Waals surface area contributed by atoms with Gasteiger partial charge in [-0.3, -0.25) is 4.68 Å². The maximum absolute atomic E-state index is 11.2. The molecule has 0 spiro atoms. The van der Waals surface area contributed by atoms with Gasteiger partial charge in [-0.2, -0.15) is 5.10 Å². The summed E-state index contributed by atoms with van der Waals surface area (Å²) in [5.74, 6) is -0.421. The number of rotatable bonds is 4. The van der Waals surface area contributed by atoms with E-state index in [0.29, 0.717) is 17.4 Å². The van der Waals surface area contributed by atoms with E-state index in [-0.39, 0.29) is 0 Å². The maximum atomic E-state index is 11.2. The van der Waals surface area contributed by atoms with Gasteiger partial charge in [0.05, 0.1) is 13.3 Å². The Bertz CT molecular complexity index is 520. The van der Waals surface area contributed by atoms with Crippen LogP contribution in [-0.4, -0.2) is 27.8 Å². The molecule has 0 aliphatic carbocycles. The van der Waals surface area contributed by atoms with E-state index in [1.165, 1.54) is 18.4 Å². The molecule has 90 valence electrons. The fraction of sp³-hybridized carbons (Fsp3) is 0.300. The van der Waals surface area contributed by atoms with Crippen LogP contribution in [0.2, 0.25) is 0 Å². The second-order valence-corrected chi connectivity index (χ2v) is 4.26. The molecule has 0 unspecified atom stereocenters. The van der Waals surface area contributed by atoms with Crippen molar-refractivity contribution in [3.05, 3.63) is 29.0 Å². The van der Waals surface area contributed by atoms with Gasteiger partial charge >= 0.3 is 5.97 Å². The van der Waals surface area contributed by atoms with Crippen LogP contribution < -0.4 is 5.32 Å². The third-order valence-electron chi connectivity index (χ3n) is 2.10. The van der Waals surface area contributed by atoms with Crippen molar-refractivity contribution in [2.45, 2.75) is 6.54 Å². The molecule has 0 radical (unpaired) electrons. The lowest BCUT2D eigenvalue weighted by molar-refractivity contribution is 0.0595. The van der Waals surface area contributed by atoms with Crippen molar-refractivity contribution in [3.8, 4) is 0 Å². The Labute approximate surface area is 102 Å². The lowest BCUT2D eigenvalue weighted by Gasteiger charge is -1.98. The highest BCUT2D eigenvalue weighted by molar-refractivity contribution is 7.13. The van der Waals surface area contributed by atoms with Gasteiger partial charge in [0.15, 0.2) is 10.8 Å². The number of nitrogens with zero attached hydrogens (tertiary/aromatic N) is 3. The van der Waals surface area contributed by atoms with E-state index in [4.69, 9.17) is 0 Å². The lowest BCUT2D eigenvalue weighted by Crippen LogP contribution is -2.03. The molecule has 6 nitrogen and oxygen atoms in total. The molecule has 1 N–H and O–H groups in total. The second-order valence-electron chi connectivity index (χ2n) is 3.41. The Hall–Kier alpha value is -1.89. The Balaban J connectivity index is 1.95. The van der Waals surface area contributed by atoms with E-state index in [1.807, 2.05) is 13.2 Å². The molecule has 0 atom stereocenters. The summed E-state index contributed by atoms with van der Waals surface area (Å²) in [6.07, 6.45) is 3.70. The van der Waals surface area contributed by atoms with Gasteiger partial charge in [-0.05, 0) is 0 Å². The Morgan fingerprint density at radius 3 is 3.12 bits per heavy atom. The number of thiazole rings is 1. The number of carbonyl (C=O) groups excluding carboxylic acids is 1. The van der Waals surface area contributed by atoms with E-state index < -0.39 is 5.97 Å². The zero-order valence-corrected chi connectivity index (χ0v) is 10.3. The number of anilines is 1. The van der Waals surface area contributed by atoms with Crippen LogP contribution in [0, 0.1) is 0 Å². The third-order valence-corrected chi connectivity index (χ3v) is 2.90. The molecule has 0 aliphatic rings. The van der Waals surface area contributed by atoms with Gasteiger partial charge in [-0.15, -0.1) is 11.3 Å². The SMILES string of the molecule is COC(=O)c1csc(NCc2cnn(C)c2)n1. The van der Waals surface area contributed by atoms with Crippen LogP contribution in [-0.2, 0) is 18.3 Å². The van der Waals surface area contributed by atoms with Gasteiger partial charge in [-0.1, -0.05) is 0 Å². The first-order valence-corrected chi connectivity index (χ1v) is 5.82. The molecule has 17 heavy (non-hydrogen) atoms. The van der Waals surface area contributed by atoms with Crippen LogP contribution in [0.25, 0.3) is 0 Å². The molecule has 2 aromatic heterocycles. The number of carbonyl (C=O) groups is 1. The fourth-order valence-electron chi connectivity index (χ4n) is 1.29. The summed E-state index contributed by atoms with van der Waals surface area (Å²) in [4.78, 5) is 15.3. The van der Waals surface area contributed by atoms with Gasteiger partial charge in [0.2, 0.25) is 0 Å². The molecule has 0 aromatic carbocycles. The van der Waals surface area contributed by atoms with Crippen molar-refractivity contribution in [1.29, 1.82) is 0 Å². The number of aryl methyl sites for hydroxylation is 1. The molecule has 2 heterocycles. The molecule has 0 fully saturated rings. The first-order chi connectivity index (χ1) is 8.19. The van der Waals surface area contributed by atoms with Crippen molar-refractivity contribution in [2.75, 3.05) is 12.4 Å². The first kappa shape index (κ1) is 11.6. The summed E-state index contributed by atoms with van der Waals surface area (Å²) >= 11 is 1.37. The summed E-state index contributed by atoms with van der Waals surface area (Å²) in [6.45, 7) is 0.627. The number of nitrogens with one attached hydrogen (secondary N) is 1. The molecule has 0 saturated heterocycles. The normalized spacial score (nSPS) is 10.2. The van der Waals surface area contributed by atoms with Crippen LogP contribution in [0.4, 0.5) is 5.13 Å². The summed E-state index contributed by atoms with van der Waals surface area (Å²) in [6, 6.07) is 0. The summed E-state index contributed by atoms with van der Waals surface area (Å²) < 4.78 is 6.31. The number of esters is 1. The number of aromatic nitrogens is 3. The largest absolute Gasteiger partial charge is 0.464 e. The third kappa shape index (κ3) is 2.82. The van der Waals surface area contributed by atoms with Crippen LogP contribution in [0.1, 0.15) is 16.1 Å². The Morgan fingerprint density at radius 2 is 2.47 bits per heavy atom. The predicted molar refractivity (Wildman–Crippen MR) is 64.0 cm³/mol. The fourth-order valence-corrected chi connectivity index (χ4v) is 1.97. The van der Waals surface area contributed by atoms with E-state index in [1.54, 1.807) is 16.3 Å². The molecule has 2 rings (SSSR count). The van der Waals surface area contributed by atoms with Crippen molar-refractivity contribution in [3.63, 3.8) is 0 Å². The quantitative estimate of drug-likeness (QED) is 0.830. The van der Waals surface area contributed by atoms with E-state index in [2.05, 4.69) is 20.1 Å². The highest BCUT2D eigenvalue weighted by Gasteiger charge is 2.10. The smallest absolute Gasteiger partial charge is 0.357 e. The monoisotopic (exact) mass is 252 g/mol. The molecule has 0 aliphatic heterocycles. The van der Waals surface area contributed by atoms with Crippen LogP contribution in [0.5, 0.6) is 0 Å². The second kappa shape index (κ2) is 4.96. The Kier molecular flexibility index (Phi) is 3.38. The van der Waals surface area contributed by atoms with Crippen molar-refractivity contribution < 1.29 is 9.53 Å². The number of ether oxygens (including phenoxy) is 1. The standard InChI is InChI=1S/C10H12N4O2S/c1-14-5-7(4-12-14)3-11-10-13-8(6-17-10)9(15)16-2/h4-6H,3H2,1-2H3,(H,11,13). The van der Waals surface area contributed by atoms with E-state index in [9.17, 15) is 4.79 Å². The van der Waals surface area contributed by atoms with E-state index >= 15 is 0 Å². The highest BCUT2D eigenvalue weighted by atomic mass is 32.1. The molecule has 0 amide bonds. The van der Waals surface area contributed by atoms with Gasteiger partial charge in [0.25, 0.3) is 0 Å². The minimum atomic E-state index is -0.421. The van der Waals surface area contributed by atoms with Crippen LogP contribution in [0.3, 0.4) is 0 Å². The minimum Gasteiger partial charge on any atom is -0.464 e. The zero-order valence-electron chi connectivity index (χ0n) is 9.51. The van der Waals surface area contributed by atoms with Gasteiger partial charge in [0.1, 0.15) is 0 Å². The summed E-state index contributed by atoms with van der Waals surface area (Å²) in [5, 5.41) is 9.53. The van der Waals surface area contributed by atoms with Crippen molar-refractivity contribution in [2.24, 2.45) is 7.05 Å². The minimum absolute atomic E-state index is 0.325. The molecular weight excluding hydrogens is 240 g/mol. The molecule has 2 aromatic rings. The van der Waals surface area contributed by atoms with E-state index in [0.717, 1.165) is 5.56 Å². The predicted octanol–water partition coefficient (Wildman–Crippen LogP) is 1.28. The lowest BCUT2D eigenvalue weighted by atomic mass is 10.4. The zero-order chi connectivity index (χ0) is 12.3. The van der Waals surface area contributed by atoms with Gasteiger partial charge in [-0.25, -0.2) is 9.78 Å². The number of hydrogen-bond donors (Lipinski definition) is 1. The summed E-state index contributed by atoms with van der Waals surface area (Å²) in [7, 11) is 3.20. The molecule has 0 saturated carbocycles. The number of hydrogen-bond acceptors (Lipinski definition) is 6. The summed E-state index contributed by atoms with van der Waals surface area (Å²) in [5.41, 5.74) is 1.38. The maximum Gasteiger partial charge on any atom is 0.357 e. The highest BCUT2D eigenvalue weighted by Crippen LogP contribution is 2.16. The van der Waals surface area contributed by atoms with Gasteiger partial charge in [0, 0.05) is 30.7 Å². The first-order valence-electron chi connectivity index (χ1n) is 4.94. The molecule has 7 heteroatoms. The molecule has 0 bridgehead atoms. The Morgan fingerprint density at radius 1 is 1.65 bits per heavy atom. The van der Waals surface area contributed by atoms with Gasteiger partial charge < -0.3 is 10.1 Å².